The number of rotatable bonds is 10. The zero-order valence-electron chi connectivity index (χ0n) is 22.4. The topological polar surface area (TPSA) is 55.8 Å². The van der Waals surface area contributed by atoms with Gasteiger partial charge in [0.25, 0.3) is 0 Å². The summed E-state index contributed by atoms with van der Waals surface area (Å²) in [6.45, 7) is 19.8. The van der Waals surface area contributed by atoms with Crippen LogP contribution in [-0.4, -0.2) is 59.5 Å². The van der Waals surface area contributed by atoms with Crippen molar-refractivity contribution in [2.75, 3.05) is 31.1 Å². The molecule has 0 aliphatic heterocycles. The highest BCUT2D eigenvalue weighted by molar-refractivity contribution is 7.99. The zero-order chi connectivity index (χ0) is 25.1. The van der Waals surface area contributed by atoms with Crippen LogP contribution in [0.1, 0.15) is 80.1 Å². The van der Waals surface area contributed by atoms with Crippen LogP contribution in [0.3, 0.4) is 0 Å². The van der Waals surface area contributed by atoms with Gasteiger partial charge >= 0.3 is 5.97 Å². The second kappa shape index (κ2) is 10.9. The highest BCUT2D eigenvalue weighted by atomic mass is 32.2. The van der Waals surface area contributed by atoms with Crippen LogP contribution in [0.5, 0.6) is 0 Å². The van der Waals surface area contributed by atoms with Crippen molar-refractivity contribution in [1.29, 1.82) is 0 Å². The molecule has 3 aliphatic carbocycles. The molecule has 3 rings (SSSR count). The van der Waals surface area contributed by atoms with Crippen molar-refractivity contribution in [2.24, 2.45) is 28.6 Å². The Kier molecular flexibility index (Phi) is 8.87. The number of thioether (sulfide) groups is 1. The SMILES string of the molecule is C=CO[C@@]1(C)C[C@@H](OC(=O)CSCCN(CC)CC)[C@]2(C)[C@H](C)CC[C@@]3(CCC[C@H]32)[C@@H](C)C1=O. The molecule has 0 N–H and O–H groups in total. The Morgan fingerprint density at radius 3 is 2.56 bits per heavy atom. The molecule has 0 heterocycles. The van der Waals surface area contributed by atoms with Gasteiger partial charge < -0.3 is 14.4 Å². The first kappa shape index (κ1) is 27.6. The summed E-state index contributed by atoms with van der Waals surface area (Å²) in [5.41, 5.74) is -1.22. The maximum Gasteiger partial charge on any atom is 0.316 e. The van der Waals surface area contributed by atoms with Crippen LogP contribution in [0.4, 0.5) is 0 Å². The van der Waals surface area contributed by atoms with E-state index in [0.717, 1.165) is 57.5 Å². The number of carbonyl (C=O) groups excluding carboxylic acids is 2. The molecule has 3 saturated carbocycles. The number of carbonyl (C=O) groups is 2. The minimum absolute atomic E-state index is 0.0201. The largest absolute Gasteiger partial charge is 0.488 e. The van der Waals surface area contributed by atoms with E-state index in [4.69, 9.17) is 9.47 Å². The molecule has 0 radical (unpaired) electrons. The maximum absolute atomic E-state index is 13.9. The third-order valence-electron chi connectivity index (χ3n) is 10.0. The number of esters is 1. The maximum atomic E-state index is 13.9. The summed E-state index contributed by atoms with van der Waals surface area (Å²) in [5, 5.41) is 0. The van der Waals surface area contributed by atoms with E-state index in [1.165, 1.54) is 6.26 Å². The lowest BCUT2D eigenvalue weighted by Crippen LogP contribution is -2.63. The zero-order valence-corrected chi connectivity index (χ0v) is 23.2. The third-order valence-corrected chi connectivity index (χ3v) is 10.9. The Hall–Kier alpha value is -1.01. The predicted molar refractivity (Wildman–Crippen MR) is 140 cm³/mol. The molecule has 0 aromatic carbocycles. The van der Waals surface area contributed by atoms with E-state index in [1.807, 2.05) is 6.92 Å². The van der Waals surface area contributed by atoms with E-state index >= 15 is 0 Å². The van der Waals surface area contributed by atoms with Crippen molar-refractivity contribution in [3.8, 4) is 0 Å². The van der Waals surface area contributed by atoms with Gasteiger partial charge in [-0.25, -0.2) is 0 Å². The van der Waals surface area contributed by atoms with Crippen LogP contribution >= 0.6 is 11.8 Å². The summed E-state index contributed by atoms with van der Waals surface area (Å²) in [6, 6.07) is 0. The second-order valence-corrected chi connectivity index (χ2v) is 12.5. The molecule has 0 amide bonds. The Morgan fingerprint density at radius 1 is 1.21 bits per heavy atom. The monoisotopic (exact) mass is 493 g/mol. The molecule has 2 bridgehead atoms. The van der Waals surface area contributed by atoms with E-state index in [9.17, 15) is 9.59 Å². The van der Waals surface area contributed by atoms with Crippen molar-refractivity contribution >= 4 is 23.5 Å². The van der Waals surface area contributed by atoms with Gasteiger partial charge in [0, 0.05) is 30.1 Å². The molecule has 6 heteroatoms. The molecule has 7 atom stereocenters. The summed E-state index contributed by atoms with van der Waals surface area (Å²) in [7, 11) is 0. The van der Waals surface area contributed by atoms with Gasteiger partial charge in [0.2, 0.25) is 0 Å². The summed E-state index contributed by atoms with van der Waals surface area (Å²) in [5.74, 6) is 1.98. The third kappa shape index (κ3) is 4.83. The molecule has 3 fully saturated rings. The molecule has 194 valence electrons. The van der Waals surface area contributed by atoms with Gasteiger partial charge in [-0.2, -0.15) is 0 Å². The van der Waals surface area contributed by atoms with Gasteiger partial charge in [-0.1, -0.05) is 47.6 Å². The van der Waals surface area contributed by atoms with Gasteiger partial charge in [-0.15, -0.1) is 11.8 Å². The normalized spacial score (nSPS) is 39.8. The molecule has 0 unspecified atom stereocenters. The molecular formula is C28H47NO4S. The predicted octanol–water partition coefficient (Wildman–Crippen LogP) is 5.72. The van der Waals surface area contributed by atoms with E-state index in [-0.39, 0.29) is 34.6 Å². The number of hydrogen-bond acceptors (Lipinski definition) is 6. The van der Waals surface area contributed by atoms with Gasteiger partial charge in [0.05, 0.1) is 12.0 Å². The van der Waals surface area contributed by atoms with Crippen molar-refractivity contribution in [2.45, 2.75) is 91.8 Å². The van der Waals surface area contributed by atoms with Crippen LogP contribution in [0.15, 0.2) is 12.8 Å². The number of nitrogens with zero attached hydrogens (tertiary/aromatic N) is 1. The van der Waals surface area contributed by atoms with Crippen LogP contribution < -0.4 is 0 Å². The Morgan fingerprint density at radius 2 is 1.91 bits per heavy atom. The summed E-state index contributed by atoms with van der Waals surface area (Å²) in [6.07, 6.45) is 6.94. The molecule has 34 heavy (non-hydrogen) atoms. The van der Waals surface area contributed by atoms with Gasteiger partial charge in [-0.05, 0) is 62.9 Å². The molecular weight excluding hydrogens is 446 g/mol. The summed E-state index contributed by atoms with van der Waals surface area (Å²) in [4.78, 5) is 29.3. The van der Waals surface area contributed by atoms with Gasteiger partial charge in [0.15, 0.2) is 11.4 Å². The van der Waals surface area contributed by atoms with Gasteiger partial charge in [-0.3, -0.25) is 9.59 Å². The Balaban J connectivity index is 1.86. The quantitative estimate of drug-likeness (QED) is 0.220. The standard InChI is InChI=1S/C28H47NO4S/c1-8-29(9-2)16-17-34-19-24(30)33-23-18-26(6,32-10-3)25(31)21(5)28-14-11-12-22(28)27(23,7)20(4)13-15-28/h10,20-23H,3,8-9,11-19H2,1-2,4-7H3/t20-,21+,22+,23-,26+,27-,28+/m1/s1. The van der Waals surface area contributed by atoms with E-state index in [2.05, 4.69) is 46.1 Å². The van der Waals surface area contributed by atoms with Crippen LogP contribution in [-0.2, 0) is 19.1 Å². The summed E-state index contributed by atoms with van der Waals surface area (Å²) >= 11 is 1.64. The molecule has 0 saturated heterocycles. The minimum atomic E-state index is -1.03. The lowest BCUT2D eigenvalue weighted by atomic mass is 9.45. The highest BCUT2D eigenvalue weighted by Crippen LogP contribution is 2.67. The average Bonchev–Trinajstić information content (AvgIpc) is 3.26. The minimum Gasteiger partial charge on any atom is -0.488 e. The highest BCUT2D eigenvalue weighted by Gasteiger charge is 2.66. The van der Waals surface area contributed by atoms with Crippen molar-refractivity contribution in [3.63, 3.8) is 0 Å². The number of ketones is 1. The first-order chi connectivity index (χ1) is 16.1. The first-order valence-electron chi connectivity index (χ1n) is 13.4. The molecule has 3 aliphatic rings. The van der Waals surface area contributed by atoms with Gasteiger partial charge in [0.1, 0.15) is 6.10 Å². The number of hydrogen-bond donors (Lipinski definition) is 0. The molecule has 0 aromatic rings. The fourth-order valence-electron chi connectivity index (χ4n) is 7.68. The lowest BCUT2D eigenvalue weighted by molar-refractivity contribution is -0.200. The average molecular weight is 494 g/mol. The van der Waals surface area contributed by atoms with Crippen molar-refractivity contribution in [1.82, 2.24) is 4.90 Å². The first-order valence-corrected chi connectivity index (χ1v) is 14.6. The Labute approximate surface area is 211 Å². The lowest BCUT2D eigenvalue weighted by Gasteiger charge is -2.60. The molecule has 0 aromatic heterocycles. The fourth-order valence-corrected chi connectivity index (χ4v) is 8.44. The molecule has 5 nitrogen and oxygen atoms in total. The van der Waals surface area contributed by atoms with E-state index in [1.54, 1.807) is 11.8 Å². The number of Topliss-reactive ketones (excluding diaryl/α,β-unsaturated/α-hetero) is 1. The van der Waals surface area contributed by atoms with Crippen molar-refractivity contribution < 1.29 is 19.1 Å². The number of ether oxygens (including phenoxy) is 2. The molecule has 0 spiro atoms. The fraction of sp³-hybridized carbons (Fsp3) is 0.857. The Bertz CT molecular complexity index is 755. The van der Waals surface area contributed by atoms with E-state index < -0.39 is 5.60 Å². The second-order valence-electron chi connectivity index (χ2n) is 11.3. The smallest absolute Gasteiger partial charge is 0.316 e. The van der Waals surface area contributed by atoms with Crippen LogP contribution in [0, 0.1) is 28.6 Å². The van der Waals surface area contributed by atoms with Crippen molar-refractivity contribution in [3.05, 3.63) is 12.8 Å². The van der Waals surface area contributed by atoms with Crippen LogP contribution in [0.25, 0.3) is 0 Å². The van der Waals surface area contributed by atoms with Crippen LogP contribution in [0.2, 0.25) is 0 Å². The summed E-state index contributed by atoms with van der Waals surface area (Å²) < 4.78 is 12.3. The van der Waals surface area contributed by atoms with E-state index in [0.29, 0.717) is 24.0 Å².